The van der Waals surface area contributed by atoms with E-state index in [2.05, 4.69) is 11.4 Å². The van der Waals surface area contributed by atoms with Crippen LogP contribution in [0.4, 0.5) is 0 Å². The first kappa shape index (κ1) is 15.9. The fraction of sp³-hybridized carbons (Fsp3) is 0.526. The quantitative estimate of drug-likeness (QED) is 0.849. The van der Waals surface area contributed by atoms with Gasteiger partial charge in [0.25, 0.3) is 0 Å². The zero-order valence-electron chi connectivity index (χ0n) is 13.8. The average Bonchev–Trinajstić information content (AvgIpc) is 2.61. The Morgan fingerprint density at radius 3 is 3.09 bits per heavy atom. The molecule has 4 heteroatoms. The molecule has 1 aliphatic heterocycles. The molecule has 0 aromatic heterocycles. The first-order chi connectivity index (χ1) is 11.3. The zero-order valence-corrected chi connectivity index (χ0v) is 13.8. The molecule has 0 unspecified atom stereocenters. The third-order valence-electron chi connectivity index (χ3n) is 4.68. The number of carbonyl (C=O) groups excluding carboxylic acids is 1. The van der Waals surface area contributed by atoms with Crippen molar-refractivity contribution in [1.82, 2.24) is 5.32 Å². The van der Waals surface area contributed by atoms with Gasteiger partial charge in [0, 0.05) is 6.54 Å². The smallest absolute Gasteiger partial charge is 0.226 e. The van der Waals surface area contributed by atoms with E-state index in [-0.39, 0.29) is 11.8 Å². The Balaban J connectivity index is 1.51. The molecule has 1 atom stereocenters. The summed E-state index contributed by atoms with van der Waals surface area (Å²) in [7, 11) is 1.65. The van der Waals surface area contributed by atoms with E-state index in [1.807, 2.05) is 18.2 Å². The summed E-state index contributed by atoms with van der Waals surface area (Å²) in [5.74, 6) is 1.64. The molecule has 0 bridgehead atoms. The van der Waals surface area contributed by atoms with Crippen LogP contribution < -0.4 is 14.8 Å². The molecule has 1 N–H and O–H groups in total. The topological polar surface area (TPSA) is 47.6 Å². The van der Waals surface area contributed by atoms with E-state index in [0.29, 0.717) is 13.0 Å². The van der Waals surface area contributed by atoms with Gasteiger partial charge < -0.3 is 14.8 Å². The van der Waals surface area contributed by atoms with Crippen LogP contribution in [0.15, 0.2) is 29.8 Å². The second-order valence-corrected chi connectivity index (χ2v) is 6.33. The number of ether oxygens (including phenoxy) is 2. The van der Waals surface area contributed by atoms with Crippen molar-refractivity contribution in [2.45, 2.75) is 38.5 Å². The fourth-order valence-electron chi connectivity index (χ4n) is 3.29. The molecule has 0 saturated carbocycles. The van der Waals surface area contributed by atoms with E-state index >= 15 is 0 Å². The summed E-state index contributed by atoms with van der Waals surface area (Å²) < 4.78 is 11.0. The van der Waals surface area contributed by atoms with Crippen LogP contribution in [0.2, 0.25) is 0 Å². The number of hydrogen-bond acceptors (Lipinski definition) is 3. The van der Waals surface area contributed by atoms with Crippen molar-refractivity contribution < 1.29 is 14.3 Å². The van der Waals surface area contributed by atoms with E-state index < -0.39 is 0 Å². The number of fused-ring (bicyclic) bond motifs is 1. The van der Waals surface area contributed by atoms with Gasteiger partial charge >= 0.3 is 0 Å². The van der Waals surface area contributed by atoms with Crippen molar-refractivity contribution in [2.24, 2.45) is 5.92 Å². The number of carbonyl (C=O) groups is 1. The van der Waals surface area contributed by atoms with E-state index in [1.54, 1.807) is 7.11 Å². The maximum Gasteiger partial charge on any atom is 0.226 e. The lowest BCUT2D eigenvalue weighted by Crippen LogP contribution is -2.37. The molecule has 1 heterocycles. The number of nitrogens with one attached hydrogen (secondary N) is 1. The lowest BCUT2D eigenvalue weighted by atomic mass is 9.95. The van der Waals surface area contributed by atoms with Gasteiger partial charge in [0.15, 0.2) is 0 Å². The number of benzene rings is 1. The van der Waals surface area contributed by atoms with Crippen molar-refractivity contribution >= 4 is 5.91 Å². The van der Waals surface area contributed by atoms with Gasteiger partial charge in [-0.3, -0.25) is 4.79 Å². The molecule has 124 valence electrons. The highest BCUT2D eigenvalue weighted by Gasteiger charge is 2.26. The summed E-state index contributed by atoms with van der Waals surface area (Å²) in [6.07, 6.45) is 8.99. The minimum Gasteiger partial charge on any atom is -0.497 e. The lowest BCUT2D eigenvalue weighted by molar-refractivity contribution is -0.126. The number of methoxy groups -OCH3 is 1. The fourth-order valence-corrected chi connectivity index (χ4v) is 3.29. The van der Waals surface area contributed by atoms with Crippen LogP contribution in [0, 0.1) is 5.92 Å². The maximum atomic E-state index is 12.4. The molecule has 0 saturated heterocycles. The third-order valence-corrected chi connectivity index (χ3v) is 4.68. The third kappa shape index (κ3) is 4.06. The monoisotopic (exact) mass is 315 g/mol. The molecular formula is C19H25NO3. The van der Waals surface area contributed by atoms with Crippen LogP contribution in [0.25, 0.3) is 0 Å². The number of hydrogen-bond donors (Lipinski definition) is 1. The largest absolute Gasteiger partial charge is 0.497 e. The molecule has 4 nitrogen and oxygen atoms in total. The Morgan fingerprint density at radius 1 is 1.39 bits per heavy atom. The van der Waals surface area contributed by atoms with Crippen molar-refractivity contribution in [1.29, 1.82) is 0 Å². The van der Waals surface area contributed by atoms with Crippen molar-refractivity contribution in [2.75, 3.05) is 20.3 Å². The van der Waals surface area contributed by atoms with Crippen LogP contribution in [-0.2, 0) is 11.2 Å². The number of amides is 1. The van der Waals surface area contributed by atoms with Crippen LogP contribution in [0.3, 0.4) is 0 Å². The SMILES string of the molecule is COc1ccc2c(c1)C[C@H](C(=O)NCCC1=CCCCC1)CO2. The lowest BCUT2D eigenvalue weighted by Gasteiger charge is -2.25. The van der Waals surface area contributed by atoms with Crippen molar-refractivity contribution in [3.8, 4) is 11.5 Å². The summed E-state index contributed by atoms with van der Waals surface area (Å²) in [5.41, 5.74) is 2.54. The van der Waals surface area contributed by atoms with E-state index in [0.717, 1.165) is 30.0 Å². The Kier molecular flexibility index (Phi) is 5.21. The second-order valence-electron chi connectivity index (χ2n) is 6.33. The first-order valence-electron chi connectivity index (χ1n) is 8.51. The molecule has 1 aromatic rings. The molecule has 1 aromatic carbocycles. The van der Waals surface area contributed by atoms with Crippen molar-refractivity contribution in [3.05, 3.63) is 35.4 Å². The number of allylic oxidation sites excluding steroid dienone is 1. The Hall–Kier alpha value is -1.97. The van der Waals surface area contributed by atoms with Gasteiger partial charge in [-0.2, -0.15) is 0 Å². The molecule has 0 fully saturated rings. The van der Waals surface area contributed by atoms with Gasteiger partial charge in [0.1, 0.15) is 18.1 Å². The molecule has 2 aliphatic rings. The summed E-state index contributed by atoms with van der Waals surface area (Å²) in [6, 6.07) is 5.76. The van der Waals surface area contributed by atoms with Gasteiger partial charge in [0.2, 0.25) is 5.91 Å². The molecule has 1 amide bonds. The van der Waals surface area contributed by atoms with Crippen LogP contribution in [-0.4, -0.2) is 26.2 Å². The zero-order chi connectivity index (χ0) is 16.1. The molecular weight excluding hydrogens is 290 g/mol. The average molecular weight is 315 g/mol. The van der Waals surface area contributed by atoms with Gasteiger partial charge in [-0.1, -0.05) is 11.6 Å². The summed E-state index contributed by atoms with van der Waals surface area (Å²) >= 11 is 0. The minimum absolute atomic E-state index is 0.0925. The maximum absolute atomic E-state index is 12.4. The van der Waals surface area contributed by atoms with Crippen LogP contribution >= 0.6 is 0 Å². The second kappa shape index (κ2) is 7.53. The van der Waals surface area contributed by atoms with E-state index in [4.69, 9.17) is 9.47 Å². The molecule has 3 rings (SSSR count). The molecule has 1 aliphatic carbocycles. The van der Waals surface area contributed by atoms with Crippen LogP contribution in [0.1, 0.15) is 37.7 Å². The van der Waals surface area contributed by atoms with E-state index in [9.17, 15) is 4.79 Å². The molecule has 0 spiro atoms. The predicted octanol–water partition coefficient (Wildman–Crippen LogP) is 3.25. The normalized spacial score (nSPS) is 20.0. The Bertz CT molecular complexity index is 594. The van der Waals surface area contributed by atoms with Gasteiger partial charge in [-0.05, 0) is 62.3 Å². The highest BCUT2D eigenvalue weighted by Crippen LogP contribution is 2.30. The predicted molar refractivity (Wildman–Crippen MR) is 89.9 cm³/mol. The van der Waals surface area contributed by atoms with Gasteiger partial charge in [-0.25, -0.2) is 0 Å². The number of rotatable bonds is 5. The van der Waals surface area contributed by atoms with Crippen molar-refractivity contribution in [3.63, 3.8) is 0 Å². The first-order valence-corrected chi connectivity index (χ1v) is 8.51. The van der Waals surface area contributed by atoms with Crippen LogP contribution in [0.5, 0.6) is 11.5 Å². The summed E-state index contributed by atoms with van der Waals surface area (Å²) in [5, 5.41) is 3.07. The standard InChI is InChI=1S/C19H25NO3/c1-22-17-7-8-18-15(12-17)11-16(13-23-18)19(21)20-10-9-14-5-3-2-4-6-14/h5,7-8,12,16H,2-4,6,9-11,13H2,1H3,(H,20,21)/t16-/m0/s1. The molecule has 23 heavy (non-hydrogen) atoms. The van der Waals surface area contributed by atoms with Gasteiger partial charge in [0.05, 0.1) is 13.0 Å². The van der Waals surface area contributed by atoms with E-state index in [1.165, 1.54) is 31.3 Å². The minimum atomic E-state index is -0.116. The summed E-state index contributed by atoms with van der Waals surface area (Å²) in [6.45, 7) is 1.18. The Labute approximate surface area is 137 Å². The highest BCUT2D eigenvalue weighted by molar-refractivity contribution is 5.79. The molecule has 0 radical (unpaired) electrons. The highest BCUT2D eigenvalue weighted by atomic mass is 16.5. The van der Waals surface area contributed by atoms with Gasteiger partial charge in [-0.15, -0.1) is 0 Å². The Morgan fingerprint density at radius 2 is 2.30 bits per heavy atom. The summed E-state index contributed by atoms with van der Waals surface area (Å²) in [4.78, 5) is 12.4.